The standard InChI is InChI=1S/C19H19ClF3N5O3S/c1-5-32(30,31)12-6-7-13(27-18(2,3)17(20)29)26-14(12)16-25-11-8-10(19(21,22)23)9-24-15(11)28(16)4/h6-9H,5H2,1-4H3,(H,26,27). The summed E-state index contributed by atoms with van der Waals surface area (Å²) in [4.78, 5) is 23.8. The van der Waals surface area contributed by atoms with Crippen LogP contribution in [0.4, 0.5) is 19.0 Å². The first-order valence-corrected chi connectivity index (χ1v) is 11.3. The Hall–Kier alpha value is -2.73. The van der Waals surface area contributed by atoms with Gasteiger partial charge in [0.15, 0.2) is 21.3 Å². The minimum atomic E-state index is -4.61. The molecule has 0 unspecified atom stereocenters. The van der Waals surface area contributed by atoms with Crippen LogP contribution in [0.2, 0.25) is 0 Å². The minimum Gasteiger partial charge on any atom is -0.357 e. The zero-order chi connectivity index (χ0) is 24.1. The number of pyridine rings is 2. The third-order valence-corrected chi connectivity index (χ3v) is 6.99. The second-order valence-electron chi connectivity index (χ2n) is 7.53. The molecule has 0 aliphatic rings. The number of hydrogen-bond donors (Lipinski definition) is 1. The number of nitrogens with one attached hydrogen (secondary N) is 1. The van der Waals surface area contributed by atoms with Crippen LogP contribution >= 0.6 is 11.6 Å². The van der Waals surface area contributed by atoms with Gasteiger partial charge in [0.25, 0.3) is 0 Å². The lowest BCUT2D eigenvalue weighted by Crippen LogP contribution is -2.37. The van der Waals surface area contributed by atoms with E-state index < -0.39 is 32.4 Å². The molecule has 13 heteroatoms. The Bertz CT molecular complexity index is 1320. The van der Waals surface area contributed by atoms with Crippen molar-refractivity contribution in [1.82, 2.24) is 19.5 Å². The van der Waals surface area contributed by atoms with E-state index in [1.165, 1.54) is 44.5 Å². The molecule has 0 radical (unpaired) electrons. The summed E-state index contributed by atoms with van der Waals surface area (Å²) in [5.74, 6) is -0.108. The van der Waals surface area contributed by atoms with Crippen LogP contribution < -0.4 is 5.32 Å². The number of aryl methyl sites for hydroxylation is 1. The van der Waals surface area contributed by atoms with Crippen LogP contribution in [0.3, 0.4) is 0 Å². The third kappa shape index (κ3) is 4.42. The molecule has 0 atom stereocenters. The van der Waals surface area contributed by atoms with Gasteiger partial charge in [-0.25, -0.2) is 23.4 Å². The number of imidazole rings is 1. The molecule has 8 nitrogen and oxygen atoms in total. The van der Waals surface area contributed by atoms with Gasteiger partial charge in [-0.15, -0.1) is 0 Å². The van der Waals surface area contributed by atoms with E-state index in [1.807, 2.05) is 0 Å². The molecule has 0 aliphatic carbocycles. The Kier molecular flexibility index (Phi) is 5.98. The van der Waals surface area contributed by atoms with Gasteiger partial charge in [0.2, 0.25) is 5.24 Å². The molecule has 0 bridgehead atoms. The topological polar surface area (TPSA) is 107 Å². The fourth-order valence-electron chi connectivity index (χ4n) is 2.89. The van der Waals surface area contributed by atoms with E-state index in [0.717, 1.165) is 6.07 Å². The Morgan fingerprint density at radius 1 is 1.22 bits per heavy atom. The molecule has 0 fully saturated rings. The maximum absolute atomic E-state index is 13.1. The van der Waals surface area contributed by atoms with Gasteiger partial charge in [-0.2, -0.15) is 13.2 Å². The summed E-state index contributed by atoms with van der Waals surface area (Å²) in [5.41, 5.74) is -2.25. The lowest BCUT2D eigenvalue weighted by atomic mass is 10.1. The molecule has 0 saturated heterocycles. The lowest BCUT2D eigenvalue weighted by molar-refractivity contribution is -0.137. The molecule has 32 heavy (non-hydrogen) atoms. The first-order chi connectivity index (χ1) is 14.7. The van der Waals surface area contributed by atoms with E-state index in [0.29, 0.717) is 6.20 Å². The Morgan fingerprint density at radius 2 is 1.88 bits per heavy atom. The zero-order valence-corrected chi connectivity index (χ0v) is 19.0. The van der Waals surface area contributed by atoms with E-state index in [-0.39, 0.29) is 39.1 Å². The second kappa shape index (κ2) is 8.00. The van der Waals surface area contributed by atoms with E-state index >= 15 is 0 Å². The van der Waals surface area contributed by atoms with E-state index in [4.69, 9.17) is 11.6 Å². The van der Waals surface area contributed by atoms with Crippen molar-refractivity contribution in [1.29, 1.82) is 0 Å². The van der Waals surface area contributed by atoms with Crippen LogP contribution in [0.5, 0.6) is 0 Å². The molecule has 3 rings (SSSR count). The fraction of sp³-hybridized carbons (Fsp3) is 0.368. The number of sulfone groups is 1. The van der Waals surface area contributed by atoms with Gasteiger partial charge in [0.1, 0.15) is 22.6 Å². The molecule has 0 saturated carbocycles. The quantitative estimate of drug-likeness (QED) is 0.525. The van der Waals surface area contributed by atoms with Crippen LogP contribution in [0.25, 0.3) is 22.7 Å². The number of anilines is 1. The molecule has 0 spiro atoms. The molecule has 0 aliphatic heterocycles. The van der Waals surface area contributed by atoms with Gasteiger partial charge in [0.05, 0.1) is 16.2 Å². The van der Waals surface area contributed by atoms with Crippen LogP contribution in [-0.4, -0.2) is 44.5 Å². The summed E-state index contributed by atoms with van der Waals surface area (Å²) >= 11 is 5.59. The van der Waals surface area contributed by atoms with Gasteiger partial charge in [-0.1, -0.05) is 6.92 Å². The van der Waals surface area contributed by atoms with E-state index in [2.05, 4.69) is 20.3 Å². The summed E-state index contributed by atoms with van der Waals surface area (Å²) in [7, 11) is -2.29. The maximum atomic E-state index is 13.1. The number of carbonyl (C=O) groups is 1. The number of aromatic nitrogens is 4. The minimum absolute atomic E-state index is 0.00231. The smallest absolute Gasteiger partial charge is 0.357 e. The Labute approximate surface area is 186 Å². The molecule has 1 N–H and O–H groups in total. The number of rotatable bonds is 6. The predicted molar refractivity (Wildman–Crippen MR) is 113 cm³/mol. The van der Waals surface area contributed by atoms with Crippen molar-refractivity contribution in [2.24, 2.45) is 7.05 Å². The summed E-state index contributed by atoms with van der Waals surface area (Å²) in [5, 5.41) is 2.12. The summed E-state index contributed by atoms with van der Waals surface area (Å²) in [6, 6.07) is 3.50. The van der Waals surface area contributed by atoms with Crippen LogP contribution in [0, 0.1) is 0 Å². The van der Waals surface area contributed by atoms with E-state index in [9.17, 15) is 26.4 Å². The summed E-state index contributed by atoms with van der Waals surface area (Å²) < 4.78 is 65.9. The highest BCUT2D eigenvalue weighted by atomic mass is 35.5. The molecule has 0 aromatic carbocycles. The maximum Gasteiger partial charge on any atom is 0.417 e. The van der Waals surface area contributed by atoms with E-state index in [1.54, 1.807) is 0 Å². The lowest BCUT2D eigenvalue weighted by Gasteiger charge is -2.23. The van der Waals surface area contributed by atoms with Gasteiger partial charge in [-0.3, -0.25) is 4.79 Å². The van der Waals surface area contributed by atoms with Crippen molar-refractivity contribution in [3.05, 3.63) is 30.0 Å². The zero-order valence-electron chi connectivity index (χ0n) is 17.5. The SMILES string of the molecule is CCS(=O)(=O)c1ccc(NC(C)(C)C(=O)Cl)nc1-c1nc2cc(C(F)(F)F)cnc2n1C. The van der Waals surface area contributed by atoms with Gasteiger partial charge < -0.3 is 9.88 Å². The fourth-order valence-corrected chi connectivity index (χ4v) is 3.96. The third-order valence-electron chi connectivity index (χ3n) is 4.75. The van der Waals surface area contributed by atoms with Gasteiger partial charge >= 0.3 is 6.18 Å². The Morgan fingerprint density at radius 3 is 2.44 bits per heavy atom. The molecule has 172 valence electrons. The molecule has 3 aromatic rings. The molecular weight excluding hydrogens is 471 g/mol. The number of carbonyl (C=O) groups excluding carboxylic acids is 1. The number of halogens is 4. The molecule has 3 heterocycles. The highest BCUT2D eigenvalue weighted by Crippen LogP contribution is 2.33. The average molecular weight is 490 g/mol. The van der Waals surface area contributed by atoms with Crippen molar-refractivity contribution < 1.29 is 26.4 Å². The van der Waals surface area contributed by atoms with Crippen LogP contribution in [-0.2, 0) is 27.9 Å². The largest absolute Gasteiger partial charge is 0.417 e. The monoisotopic (exact) mass is 489 g/mol. The van der Waals surface area contributed by atoms with Crippen molar-refractivity contribution >= 4 is 43.7 Å². The van der Waals surface area contributed by atoms with Crippen LogP contribution in [0.1, 0.15) is 26.3 Å². The number of nitrogens with zero attached hydrogens (tertiary/aromatic N) is 4. The van der Waals surface area contributed by atoms with Crippen molar-refractivity contribution in [3.8, 4) is 11.5 Å². The van der Waals surface area contributed by atoms with Gasteiger partial charge in [0, 0.05) is 13.2 Å². The Balaban J connectivity index is 2.26. The molecular formula is C19H19ClF3N5O3S. The summed E-state index contributed by atoms with van der Waals surface area (Å²) in [6.45, 7) is 4.47. The van der Waals surface area contributed by atoms with Crippen molar-refractivity contribution in [3.63, 3.8) is 0 Å². The summed E-state index contributed by atoms with van der Waals surface area (Å²) in [6.07, 6.45) is -3.94. The first-order valence-electron chi connectivity index (χ1n) is 9.29. The predicted octanol–water partition coefficient (Wildman–Crippen LogP) is 3.80. The van der Waals surface area contributed by atoms with Crippen molar-refractivity contribution in [2.45, 2.75) is 37.4 Å². The second-order valence-corrected chi connectivity index (χ2v) is 10.1. The average Bonchev–Trinajstić information content (AvgIpc) is 3.02. The molecule has 3 aromatic heterocycles. The van der Waals surface area contributed by atoms with Crippen LogP contribution in [0.15, 0.2) is 29.3 Å². The molecule has 0 amide bonds. The highest BCUT2D eigenvalue weighted by molar-refractivity contribution is 7.91. The normalized spacial score (nSPS) is 12.9. The van der Waals surface area contributed by atoms with Gasteiger partial charge in [-0.05, 0) is 43.6 Å². The number of hydrogen-bond acceptors (Lipinski definition) is 7. The first kappa shape index (κ1) is 23.9. The van der Waals surface area contributed by atoms with Crippen molar-refractivity contribution in [2.75, 3.05) is 11.1 Å². The number of fused-ring (bicyclic) bond motifs is 1. The highest BCUT2D eigenvalue weighted by Gasteiger charge is 2.32. The number of alkyl halides is 3.